The molecule has 0 bridgehead atoms. The Hall–Kier alpha value is -3.72. The number of H-pyrrole nitrogens is 1. The Balaban J connectivity index is 0.00000337. The summed E-state index contributed by atoms with van der Waals surface area (Å²) in [5, 5.41) is 3.85. The number of benzene rings is 3. The number of ether oxygens (including phenoxy) is 1. The van der Waals surface area contributed by atoms with Crippen molar-refractivity contribution in [3.63, 3.8) is 0 Å². The predicted molar refractivity (Wildman–Crippen MR) is 160 cm³/mol. The first-order valence-electron chi connectivity index (χ1n) is 13.5. The summed E-state index contributed by atoms with van der Waals surface area (Å²) in [6.45, 7) is 6.22. The van der Waals surface area contributed by atoms with Crippen molar-refractivity contribution in [2.45, 2.75) is 52.1 Å². The van der Waals surface area contributed by atoms with Gasteiger partial charge in [0.2, 0.25) is 0 Å². The summed E-state index contributed by atoms with van der Waals surface area (Å²) in [6, 6.07) is 21.7. The van der Waals surface area contributed by atoms with Crippen molar-refractivity contribution >= 4 is 29.6 Å². The fourth-order valence-corrected chi connectivity index (χ4v) is 5.38. The maximum absolute atomic E-state index is 13.8. The first-order valence-corrected chi connectivity index (χ1v) is 13.5. The molecule has 204 valence electrons. The summed E-state index contributed by atoms with van der Waals surface area (Å²) in [5.74, 6) is 0.655. The van der Waals surface area contributed by atoms with Crippen molar-refractivity contribution in [1.29, 1.82) is 0 Å². The van der Waals surface area contributed by atoms with Gasteiger partial charge < -0.3 is 4.74 Å². The second-order valence-corrected chi connectivity index (χ2v) is 10.8. The van der Waals surface area contributed by atoms with Gasteiger partial charge in [0.25, 0.3) is 5.56 Å². The van der Waals surface area contributed by atoms with Crippen LogP contribution in [-0.4, -0.2) is 54.9 Å². The van der Waals surface area contributed by atoms with Gasteiger partial charge >= 0.3 is 35.3 Å². The van der Waals surface area contributed by atoms with Gasteiger partial charge in [-0.1, -0.05) is 67.0 Å². The Morgan fingerprint density at radius 3 is 2.46 bits per heavy atom. The molecule has 0 aliphatic carbocycles. The van der Waals surface area contributed by atoms with Crippen LogP contribution < -0.4 is 16.1 Å². The van der Waals surface area contributed by atoms with E-state index in [2.05, 4.69) is 30.9 Å². The number of nitrogens with one attached hydrogen (secondary N) is 1. The third-order valence-corrected chi connectivity index (χ3v) is 7.23. The van der Waals surface area contributed by atoms with Gasteiger partial charge in [0, 0.05) is 29.5 Å². The Morgan fingerprint density at radius 2 is 1.76 bits per heavy atom. The molecule has 1 aliphatic rings. The average Bonchev–Trinajstić information content (AvgIpc) is 3.51. The third-order valence-electron chi connectivity index (χ3n) is 7.23. The molecule has 1 aliphatic heterocycles. The molecule has 0 amide bonds. The van der Waals surface area contributed by atoms with Crippen LogP contribution in [0.5, 0.6) is 5.75 Å². The average molecular weight is 559 g/mol. The normalized spacial score (nSPS) is 13.3. The number of fused-ring (bicyclic) bond motifs is 1. The standard InChI is InChI=1S/C32H30N4O4.Na.H/c1-4-7-27-26(30(37)36(19-33-27)23-14-15-28-22(17-23)18-32(2,3)39-28)16-20-10-12-21(13-11-20)24-8-5-6-9-25(24)29-34-31(38)40-35-29;;/h5-6,8-15,17,19H,4,7,16,18H2,1-3H3,(H,34,35,38);;. The zero-order valence-electron chi connectivity index (χ0n) is 22.7. The number of hydrogen-bond acceptors (Lipinski definition) is 6. The van der Waals surface area contributed by atoms with Gasteiger partial charge in [0.1, 0.15) is 17.7 Å². The van der Waals surface area contributed by atoms with Gasteiger partial charge in [-0.05, 0) is 55.2 Å². The van der Waals surface area contributed by atoms with E-state index in [-0.39, 0.29) is 40.7 Å². The first kappa shape index (κ1) is 28.8. The van der Waals surface area contributed by atoms with Crippen molar-refractivity contribution in [2.75, 3.05) is 0 Å². The topological polar surface area (TPSA) is 103 Å². The molecule has 8 nitrogen and oxygen atoms in total. The van der Waals surface area contributed by atoms with E-state index in [4.69, 9.17) is 14.2 Å². The van der Waals surface area contributed by atoms with Crippen molar-refractivity contribution in [3.8, 4) is 34.0 Å². The number of aromatic nitrogens is 4. The summed E-state index contributed by atoms with van der Waals surface area (Å²) in [4.78, 5) is 32.7. The molecule has 6 rings (SSSR count). The van der Waals surface area contributed by atoms with Gasteiger partial charge in [-0.25, -0.2) is 9.78 Å². The minimum absolute atomic E-state index is 0. The molecule has 0 saturated carbocycles. The molecule has 2 aromatic heterocycles. The second kappa shape index (κ2) is 11.6. The number of aryl methyl sites for hydroxylation is 1. The Labute approximate surface area is 259 Å². The molecule has 3 heterocycles. The summed E-state index contributed by atoms with van der Waals surface area (Å²) in [5.41, 5.74) is 6.77. The van der Waals surface area contributed by atoms with Crippen LogP contribution in [0.4, 0.5) is 0 Å². The summed E-state index contributed by atoms with van der Waals surface area (Å²) >= 11 is 0. The van der Waals surface area contributed by atoms with Crippen LogP contribution in [0.1, 0.15) is 49.6 Å². The summed E-state index contributed by atoms with van der Waals surface area (Å²) < 4.78 is 12.4. The molecule has 41 heavy (non-hydrogen) atoms. The minimum atomic E-state index is -0.595. The van der Waals surface area contributed by atoms with Crippen LogP contribution in [0.15, 0.2) is 87.2 Å². The van der Waals surface area contributed by atoms with Gasteiger partial charge in [-0.3, -0.25) is 18.9 Å². The molecule has 0 saturated heterocycles. The van der Waals surface area contributed by atoms with Crippen LogP contribution >= 0.6 is 0 Å². The molecule has 5 aromatic rings. The first-order chi connectivity index (χ1) is 19.3. The fourth-order valence-electron chi connectivity index (χ4n) is 5.38. The molecule has 0 unspecified atom stereocenters. The third kappa shape index (κ3) is 5.86. The molecule has 0 spiro atoms. The second-order valence-electron chi connectivity index (χ2n) is 10.8. The molecule has 9 heteroatoms. The molecule has 0 radical (unpaired) electrons. The van der Waals surface area contributed by atoms with Crippen molar-refractivity contribution < 1.29 is 9.26 Å². The molecule has 0 atom stereocenters. The molecule has 1 N–H and O–H groups in total. The predicted octanol–water partition coefficient (Wildman–Crippen LogP) is 4.85. The van der Waals surface area contributed by atoms with Gasteiger partial charge in [-0.15, -0.1) is 0 Å². The van der Waals surface area contributed by atoms with Crippen molar-refractivity contribution in [3.05, 3.63) is 116 Å². The van der Waals surface area contributed by atoms with E-state index in [1.54, 1.807) is 10.9 Å². The Kier molecular flexibility index (Phi) is 8.18. The van der Waals surface area contributed by atoms with Gasteiger partial charge in [-0.2, -0.15) is 0 Å². The zero-order valence-corrected chi connectivity index (χ0v) is 22.7. The van der Waals surface area contributed by atoms with Crippen LogP contribution in [0.3, 0.4) is 0 Å². The molecular formula is C32H31N4NaO4. The molecular weight excluding hydrogens is 527 g/mol. The van der Waals surface area contributed by atoms with E-state index in [1.165, 1.54) is 0 Å². The maximum atomic E-state index is 13.8. The number of aromatic amines is 1. The van der Waals surface area contributed by atoms with E-state index in [0.717, 1.165) is 64.2 Å². The van der Waals surface area contributed by atoms with Crippen molar-refractivity contribution in [1.82, 2.24) is 19.7 Å². The summed E-state index contributed by atoms with van der Waals surface area (Å²) in [7, 11) is 0. The van der Waals surface area contributed by atoms with E-state index < -0.39 is 5.76 Å². The van der Waals surface area contributed by atoms with Crippen LogP contribution in [0.2, 0.25) is 0 Å². The Morgan fingerprint density at radius 1 is 1.00 bits per heavy atom. The summed E-state index contributed by atoms with van der Waals surface area (Å²) in [6.07, 6.45) is 4.55. The van der Waals surface area contributed by atoms with E-state index in [0.29, 0.717) is 17.8 Å². The number of hydrogen-bond donors (Lipinski definition) is 1. The van der Waals surface area contributed by atoms with E-state index in [1.807, 2.05) is 66.7 Å². The van der Waals surface area contributed by atoms with Crippen LogP contribution in [0.25, 0.3) is 28.2 Å². The monoisotopic (exact) mass is 558 g/mol. The van der Waals surface area contributed by atoms with Gasteiger partial charge in [0.05, 0.1) is 11.4 Å². The number of nitrogens with zero attached hydrogens (tertiary/aromatic N) is 3. The molecule has 0 fully saturated rings. The van der Waals surface area contributed by atoms with Crippen molar-refractivity contribution in [2.24, 2.45) is 0 Å². The van der Waals surface area contributed by atoms with E-state index in [9.17, 15) is 9.59 Å². The quantitative estimate of drug-likeness (QED) is 0.287. The fraction of sp³-hybridized carbons (Fsp3) is 0.250. The van der Waals surface area contributed by atoms with Gasteiger partial charge in [0.15, 0.2) is 5.82 Å². The van der Waals surface area contributed by atoms with Crippen LogP contribution in [-0.2, 0) is 19.3 Å². The molecule has 3 aromatic carbocycles. The SMILES string of the molecule is CCCc1ncn(-c2ccc3c(c2)CC(C)(C)O3)c(=O)c1Cc1ccc(-c2ccccc2-c2noc(=O)[nH]2)cc1.[NaH]. The number of rotatable bonds is 7. The van der Waals surface area contributed by atoms with E-state index >= 15 is 0 Å². The Bertz CT molecular complexity index is 1820. The zero-order chi connectivity index (χ0) is 27.9. The van der Waals surface area contributed by atoms with Crippen LogP contribution in [0, 0.1) is 0 Å².